The number of rotatable bonds is 9. The van der Waals surface area contributed by atoms with Crippen LogP contribution in [0.1, 0.15) is 19.0 Å². The Morgan fingerprint density at radius 2 is 1.96 bits per heavy atom. The Kier molecular flexibility index (Phi) is 6.99. The molecule has 0 aliphatic rings. The van der Waals surface area contributed by atoms with Crippen molar-refractivity contribution in [1.29, 1.82) is 0 Å². The SMILES string of the molecule is CCSc1nnc(NC(=O)CCc2csc(NS(=O)(=O)c3ccccc3)n2)s1. The molecule has 0 saturated carbocycles. The molecule has 0 aliphatic carbocycles. The van der Waals surface area contributed by atoms with Crippen molar-refractivity contribution in [3.05, 3.63) is 41.4 Å². The Hall–Kier alpha value is -2.02. The lowest BCUT2D eigenvalue weighted by molar-refractivity contribution is -0.116. The Morgan fingerprint density at radius 3 is 2.71 bits per heavy atom. The van der Waals surface area contributed by atoms with Gasteiger partial charge in [0.1, 0.15) is 0 Å². The van der Waals surface area contributed by atoms with E-state index in [9.17, 15) is 13.2 Å². The Labute approximate surface area is 174 Å². The molecule has 148 valence electrons. The summed E-state index contributed by atoms with van der Waals surface area (Å²) in [6.07, 6.45) is 0.606. The number of amides is 1. The van der Waals surface area contributed by atoms with Crippen molar-refractivity contribution in [2.45, 2.75) is 29.0 Å². The van der Waals surface area contributed by atoms with Crippen LogP contribution in [0.25, 0.3) is 0 Å². The highest BCUT2D eigenvalue weighted by Crippen LogP contribution is 2.25. The number of aryl methyl sites for hydroxylation is 1. The van der Waals surface area contributed by atoms with Gasteiger partial charge in [-0.05, 0) is 24.3 Å². The summed E-state index contributed by atoms with van der Waals surface area (Å²) in [5.41, 5.74) is 0.644. The molecule has 0 radical (unpaired) electrons. The minimum Gasteiger partial charge on any atom is -0.300 e. The predicted octanol–water partition coefficient (Wildman–Crippen LogP) is 3.48. The van der Waals surface area contributed by atoms with E-state index in [0.717, 1.165) is 10.1 Å². The second-order valence-corrected chi connectivity index (χ2v) is 10.4. The molecule has 2 aromatic heterocycles. The highest BCUT2D eigenvalue weighted by atomic mass is 32.2. The minimum atomic E-state index is -3.67. The van der Waals surface area contributed by atoms with E-state index in [1.165, 1.54) is 34.8 Å². The maximum absolute atomic E-state index is 12.3. The van der Waals surface area contributed by atoms with Crippen LogP contribution in [0.2, 0.25) is 0 Å². The first-order valence-electron chi connectivity index (χ1n) is 8.24. The minimum absolute atomic E-state index is 0.170. The molecular weight excluding hydrogens is 438 g/mol. The van der Waals surface area contributed by atoms with E-state index in [-0.39, 0.29) is 22.4 Å². The molecule has 0 unspecified atom stereocenters. The average molecular weight is 456 g/mol. The molecule has 1 amide bonds. The maximum atomic E-state index is 12.3. The quantitative estimate of drug-likeness (QED) is 0.375. The largest absolute Gasteiger partial charge is 0.300 e. The number of benzene rings is 1. The van der Waals surface area contributed by atoms with Gasteiger partial charge in [0, 0.05) is 11.8 Å². The van der Waals surface area contributed by atoms with Gasteiger partial charge in [0.15, 0.2) is 9.47 Å². The Balaban J connectivity index is 1.52. The first-order valence-corrected chi connectivity index (χ1v) is 12.4. The zero-order valence-electron chi connectivity index (χ0n) is 14.8. The first kappa shape index (κ1) is 20.7. The molecule has 3 rings (SSSR count). The molecule has 0 atom stereocenters. The fourth-order valence-electron chi connectivity index (χ4n) is 2.11. The van der Waals surface area contributed by atoms with Gasteiger partial charge >= 0.3 is 0 Å². The van der Waals surface area contributed by atoms with E-state index < -0.39 is 10.0 Å². The number of anilines is 2. The van der Waals surface area contributed by atoms with Gasteiger partial charge in [0.25, 0.3) is 10.0 Å². The van der Waals surface area contributed by atoms with Crippen LogP contribution >= 0.6 is 34.4 Å². The third-order valence-corrected chi connectivity index (χ3v) is 7.50. The summed E-state index contributed by atoms with van der Waals surface area (Å²) >= 11 is 4.08. The van der Waals surface area contributed by atoms with E-state index in [2.05, 4.69) is 25.2 Å². The topological polar surface area (TPSA) is 114 Å². The molecular formula is C16H17N5O3S4. The van der Waals surface area contributed by atoms with Gasteiger partial charge in [-0.3, -0.25) is 9.52 Å². The summed E-state index contributed by atoms with van der Waals surface area (Å²) < 4.78 is 27.9. The normalized spacial score (nSPS) is 11.3. The number of hydrogen-bond acceptors (Lipinski definition) is 9. The number of carbonyl (C=O) groups excluding carboxylic acids is 1. The van der Waals surface area contributed by atoms with Crippen LogP contribution in [0.3, 0.4) is 0 Å². The van der Waals surface area contributed by atoms with Crippen molar-refractivity contribution < 1.29 is 13.2 Å². The number of nitrogens with zero attached hydrogens (tertiary/aromatic N) is 3. The van der Waals surface area contributed by atoms with E-state index in [4.69, 9.17) is 0 Å². The predicted molar refractivity (Wildman–Crippen MR) is 113 cm³/mol. The van der Waals surface area contributed by atoms with Crippen molar-refractivity contribution in [3.8, 4) is 0 Å². The fourth-order valence-corrected chi connectivity index (χ4v) is 5.79. The van der Waals surface area contributed by atoms with Crippen molar-refractivity contribution in [3.63, 3.8) is 0 Å². The number of thiazole rings is 1. The number of thioether (sulfide) groups is 1. The summed E-state index contributed by atoms with van der Waals surface area (Å²) in [6, 6.07) is 8.08. The summed E-state index contributed by atoms with van der Waals surface area (Å²) in [5, 5.41) is 13.1. The highest BCUT2D eigenvalue weighted by molar-refractivity contribution is 8.01. The molecule has 28 heavy (non-hydrogen) atoms. The summed E-state index contributed by atoms with van der Waals surface area (Å²) in [4.78, 5) is 16.5. The Morgan fingerprint density at radius 1 is 1.18 bits per heavy atom. The van der Waals surface area contributed by atoms with Gasteiger partial charge in [-0.1, -0.05) is 48.2 Å². The molecule has 8 nitrogen and oxygen atoms in total. The fraction of sp³-hybridized carbons (Fsp3) is 0.250. The van der Waals surface area contributed by atoms with Gasteiger partial charge < -0.3 is 5.32 Å². The van der Waals surface area contributed by atoms with E-state index >= 15 is 0 Å². The first-order chi connectivity index (χ1) is 13.5. The second-order valence-electron chi connectivity index (χ2n) is 5.42. The molecule has 0 aliphatic heterocycles. The molecule has 0 spiro atoms. The molecule has 1 aromatic carbocycles. The zero-order valence-corrected chi connectivity index (χ0v) is 18.1. The Bertz CT molecular complexity index is 1030. The van der Waals surface area contributed by atoms with E-state index in [0.29, 0.717) is 17.2 Å². The monoisotopic (exact) mass is 455 g/mol. The van der Waals surface area contributed by atoms with Crippen LogP contribution in [0, 0.1) is 0 Å². The van der Waals surface area contributed by atoms with Gasteiger partial charge in [0.05, 0.1) is 10.6 Å². The second kappa shape index (κ2) is 9.45. The molecule has 0 saturated heterocycles. The highest BCUT2D eigenvalue weighted by Gasteiger charge is 2.16. The molecule has 12 heteroatoms. The summed E-state index contributed by atoms with van der Waals surface area (Å²) in [7, 11) is -3.67. The van der Waals surface area contributed by atoms with Crippen molar-refractivity contribution in [2.75, 3.05) is 15.8 Å². The maximum Gasteiger partial charge on any atom is 0.263 e. The zero-order chi connectivity index (χ0) is 20.0. The molecule has 0 bridgehead atoms. The van der Waals surface area contributed by atoms with Gasteiger partial charge in [-0.15, -0.1) is 21.5 Å². The molecule has 3 aromatic rings. The van der Waals surface area contributed by atoms with Crippen LogP contribution in [0.4, 0.5) is 10.3 Å². The third-order valence-electron chi connectivity index (χ3n) is 3.36. The summed E-state index contributed by atoms with van der Waals surface area (Å²) in [6.45, 7) is 2.02. The van der Waals surface area contributed by atoms with Gasteiger partial charge in [-0.25, -0.2) is 13.4 Å². The van der Waals surface area contributed by atoms with Crippen molar-refractivity contribution in [2.24, 2.45) is 0 Å². The van der Waals surface area contributed by atoms with Crippen LogP contribution in [0.5, 0.6) is 0 Å². The van der Waals surface area contributed by atoms with Crippen LogP contribution in [-0.4, -0.2) is 35.3 Å². The number of hydrogen-bond donors (Lipinski definition) is 2. The number of carbonyl (C=O) groups is 1. The number of sulfonamides is 1. The average Bonchev–Trinajstić information content (AvgIpc) is 3.30. The van der Waals surface area contributed by atoms with Crippen LogP contribution < -0.4 is 10.0 Å². The van der Waals surface area contributed by atoms with Crippen LogP contribution in [-0.2, 0) is 21.2 Å². The van der Waals surface area contributed by atoms with Gasteiger partial charge in [0.2, 0.25) is 11.0 Å². The van der Waals surface area contributed by atoms with E-state index in [1.54, 1.807) is 35.3 Å². The smallest absolute Gasteiger partial charge is 0.263 e. The van der Waals surface area contributed by atoms with Crippen LogP contribution in [0.15, 0.2) is 44.9 Å². The molecule has 2 N–H and O–H groups in total. The van der Waals surface area contributed by atoms with Crippen molar-refractivity contribution >= 4 is 60.6 Å². The standard InChI is InChI=1S/C16H17N5O3S4/c1-2-25-16-20-19-14(27-16)18-13(22)9-8-11-10-26-15(17-11)21-28(23,24)12-6-4-3-5-7-12/h3-7,10H,2,8-9H2,1H3,(H,17,21)(H,18,19,22). The van der Waals surface area contributed by atoms with Crippen molar-refractivity contribution in [1.82, 2.24) is 15.2 Å². The third kappa shape index (κ3) is 5.74. The lowest BCUT2D eigenvalue weighted by atomic mass is 10.2. The number of nitrogens with one attached hydrogen (secondary N) is 2. The molecule has 2 heterocycles. The van der Waals surface area contributed by atoms with Gasteiger partial charge in [-0.2, -0.15) is 0 Å². The lowest BCUT2D eigenvalue weighted by Crippen LogP contribution is -2.13. The molecule has 0 fully saturated rings. The lowest BCUT2D eigenvalue weighted by Gasteiger charge is -2.04. The van der Waals surface area contributed by atoms with E-state index in [1.807, 2.05) is 6.92 Å². The summed E-state index contributed by atoms with van der Waals surface area (Å²) in [5.74, 6) is 0.701. The number of aromatic nitrogens is 3.